The minimum absolute atomic E-state index is 0.126. The molecule has 1 unspecified atom stereocenters. The van der Waals surface area contributed by atoms with Crippen molar-refractivity contribution in [3.63, 3.8) is 0 Å². The Kier molecular flexibility index (Phi) is 6.34. The second kappa shape index (κ2) is 7.27. The number of nitrogens with one attached hydrogen (secondary N) is 2. The molecular formula is C13H26N2OS. The zero-order valence-electron chi connectivity index (χ0n) is 11.3. The van der Waals surface area contributed by atoms with Crippen LogP contribution in [0.3, 0.4) is 0 Å². The third kappa shape index (κ3) is 4.88. The van der Waals surface area contributed by atoms with Gasteiger partial charge in [-0.3, -0.25) is 4.79 Å². The molecule has 17 heavy (non-hydrogen) atoms. The fourth-order valence-corrected chi connectivity index (χ4v) is 3.20. The van der Waals surface area contributed by atoms with E-state index in [0.717, 1.165) is 19.4 Å². The highest BCUT2D eigenvalue weighted by Crippen LogP contribution is 2.41. The summed E-state index contributed by atoms with van der Waals surface area (Å²) in [6, 6.07) is 0.299. The van der Waals surface area contributed by atoms with Gasteiger partial charge in [0.1, 0.15) is 0 Å². The van der Waals surface area contributed by atoms with Gasteiger partial charge in [0.05, 0.1) is 6.54 Å². The van der Waals surface area contributed by atoms with E-state index in [1.807, 2.05) is 11.8 Å². The quantitative estimate of drug-likeness (QED) is 0.701. The van der Waals surface area contributed by atoms with Crippen molar-refractivity contribution < 1.29 is 4.79 Å². The Hall–Kier alpha value is -0.220. The van der Waals surface area contributed by atoms with Crippen LogP contribution in [0.25, 0.3) is 0 Å². The summed E-state index contributed by atoms with van der Waals surface area (Å²) >= 11 is 1.94. The van der Waals surface area contributed by atoms with Crippen LogP contribution in [0.15, 0.2) is 0 Å². The molecule has 100 valence electrons. The van der Waals surface area contributed by atoms with E-state index in [9.17, 15) is 4.79 Å². The monoisotopic (exact) mass is 258 g/mol. The van der Waals surface area contributed by atoms with Gasteiger partial charge in [-0.15, -0.1) is 0 Å². The molecule has 2 N–H and O–H groups in total. The Labute approximate surface area is 109 Å². The van der Waals surface area contributed by atoms with Crippen LogP contribution in [-0.2, 0) is 4.79 Å². The van der Waals surface area contributed by atoms with Crippen molar-refractivity contribution in [2.24, 2.45) is 0 Å². The summed E-state index contributed by atoms with van der Waals surface area (Å²) in [6.45, 7) is 5.62. The van der Waals surface area contributed by atoms with Gasteiger partial charge in [0.2, 0.25) is 5.91 Å². The molecule has 0 aromatic carbocycles. The largest absolute Gasteiger partial charge is 0.353 e. The molecule has 1 rings (SSSR count). The van der Waals surface area contributed by atoms with E-state index in [-0.39, 0.29) is 5.91 Å². The Morgan fingerprint density at radius 1 is 1.47 bits per heavy atom. The lowest BCUT2D eigenvalue weighted by Gasteiger charge is -2.40. The Morgan fingerprint density at radius 3 is 2.65 bits per heavy atom. The molecule has 1 atom stereocenters. The second-order valence-electron chi connectivity index (χ2n) is 5.10. The number of carbonyl (C=O) groups excluding carboxylic acids is 1. The van der Waals surface area contributed by atoms with E-state index in [1.54, 1.807) is 0 Å². The van der Waals surface area contributed by atoms with Crippen molar-refractivity contribution in [2.45, 2.75) is 56.7 Å². The lowest BCUT2D eigenvalue weighted by atomic mass is 9.84. The average molecular weight is 258 g/mol. The van der Waals surface area contributed by atoms with E-state index in [0.29, 0.717) is 17.3 Å². The van der Waals surface area contributed by atoms with Crippen LogP contribution < -0.4 is 10.6 Å². The topological polar surface area (TPSA) is 41.1 Å². The Morgan fingerprint density at radius 2 is 2.18 bits per heavy atom. The van der Waals surface area contributed by atoms with Crippen molar-refractivity contribution >= 4 is 17.7 Å². The molecule has 0 aromatic heterocycles. The van der Waals surface area contributed by atoms with E-state index in [2.05, 4.69) is 30.7 Å². The summed E-state index contributed by atoms with van der Waals surface area (Å²) in [5, 5.41) is 6.31. The highest BCUT2D eigenvalue weighted by molar-refractivity contribution is 8.00. The number of thioether (sulfide) groups is 1. The minimum Gasteiger partial charge on any atom is -0.353 e. The molecule has 0 bridgehead atoms. The first-order chi connectivity index (χ1) is 8.12. The predicted octanol–water partition coefficient (Wildman–Crippen LogP) is 2.17. The van der Waals surface area contributed by atoms with Gasteiger partial charge >= 0.3 is 0 Å². The van der Waals surface area contributed by atoms with Gasteiger partial charge in [-0.25, -0.2) is 0 Å². The molecule has 1 fully saturated rings. The SMILES string of the molecule is CCCC(C)NC(=O)CNCC1(SC)CCC1. The first-order valence-corrected chi connectivity index (χ1v) is 7.89. The molecule has 0 aromatic rings. The fourth-order valence-electron chi connectivity index (χ4n) is 2.26. The maximum atomic E-state index is 11.6. The number of hydrogen-bond donors (Lipinski definition) is 2. The summed E-state index contributed by atoms with van der Waals surface area (Å²) in [6.07, 6.45) is 8.25. The van der Waals surface area contributed by atoms with E-state index >= 15 is 0 Å². The fraction of sp³-hybridized carbons (Fsp3) is 0.923. The lowest BCUT2D eigenvalue weighted by Crippen LogP contribution is -2.47. The summed E-state index contributed by atoms with van der Waals surface area (Å²) in [7, 11) is 0. The van der Waals surface area contributed by atoms with Gasteiger partial charge in [0, 0.05) is 17.3 Å². The van der Waals surface area contributed by atoms with Crippen molar-refractivity contribution in [3.8, 4) is 0 Å². The van der Waals surface area contributed by atoms with Crippen molar-refractivity contribution in [2.75, 3.05) is 19.3 Å². The van der Waals surface area contributed by atoms with Gasteiger partial charge < -0.3 is 10.6 Å². The van der Waals surface area contributed by atoms with Crippen LogP contribution in [0, 0.1) is 0 Å². The smallest absolute Gasteiger partial charge is 0.234 e. The Bertz CT molecular complexity index is 236. The first-order valence-electron chi connectivity index (χ1n) is 6.67. The van der Waals surface area contributed by atoms with Crippen LogP contribution in [0.2, 0.25) is 0 Å². The molecule has 0 saturated heterocycles. The predicted molar refractivity (Wildman–Crippen MR) is 75.5 cm³/mol. The zero-order chi connectivity index (χ0) is 12.7. The molecule has 0 aliphatic heterocycles. The number of hydrogen-bond acceptors (Lipinski definition) is 3. The Balaban J connectivity index is 2.11. The molecule has 4 heteroatoms. The molecule has 3 nitrogen and oxygen atoms in total. The van der Waals surface area contributed by atoms with Crippen LogP contribution >= 0.6 is 11.8 Å². The van der Waals surface area contributed by atoms with Crippen molar-refractivity contribution in [1.82, 2.24) is 10.6 Å². The van der Waals surface area contributed by atoms with Gasteiger partial charge in [-0.05, 0) is 32.4 Å². The summed E-state index contributed by atoms with van der Waals surface area (Å²) < 4.78 is 0.412. The van der Waals surface area contributed by atoms with Gasteiger partial charge in [-0.1, -0.05) is 19.8 Å². The van der Waals surface area contributed by atoms with Gasteiger partial charge in [0.25, 0.3) is 0 Å². The molecule has 0 radical (unpaired) electrons. The van der Waals surface area contributed by atoms with E-state index < -0.39 is 0 Å². The second-order valence-corrected chi connectivity index (χ2v) is 6.38. The molecular weight excluding hydrogens is 232 g/mol. The summed E-state index contributed by atoms with van der Waals surface area (Å²) in [5.41, 5.74) is 0. The first kappa shape index (κ1) is 14.8. The zero-order valence-corrected chi connectivity index (χ0v) is 12.2. The molecule has 1 amide bonds. The third-order valence-electron chi connectivity index (χ3n) is 3.56. The van der Waals surface area contributed by atoms with Crippen LogP contribution in [0.4, 0.5) is 0 Å². The maximum absolute atomic E-state index is 11.6. The molecule has 1 aliphatic carbocycles. The minimum atomic E-state index is 0.126. The van der Waals surface area contributed by atoms with Crippen molar-refractivity contribution in [1.29, 1.82) is 0 Å². The number of carbonyl (C=O) groups is 1. The number of amides is 1. The average Bonchev–Trinajstić information content (AvgIpc) is 2.22. The normalized spacial score (nSPS) is 19.5. The van der Waals surface area contributed by atoms with Crippen LogP contribution in [-0.4, -0.2) is 36.0 Å². The van der Waals surface area contributed by atoms with Crippen LogP contribution in [0.1, 0.15) is 46.0 Å². The highest BCUT2D eigenvalue weighted by atomic mass is 32.2. The summed E-state index contributed by atoms with van der Waals surface area (Å²) in [5.74, 6) is 0.126. The maximum Gasteiger partial charge on any atom is 0.234 e. The molecule has 0 spiro atoms. The molecule has 0 heterocycles. The number of rotatable bonds is 8. The summed E-state index contributed by atoms with van der Waals surface area (Å²) in [4.78, 5) is 11.6. The lowest BCUT2D eigenvalue weighted by molar-refractivity contribution is -0.120. The van der Waals surface area contributed by atoms with Gasteiger partial charge in [0.15, 0.2) is 0 Å². The van der Waals surface area contributed by atoms with E-state index in [1.165, 1.54) is 19.3 Å². The van der Waals surface area contributed by atoms with Gasteiger partial charge in [-0.2, -0.15) is 11.8 Å². The highest BCUT2D eigenvalue weighted by Gasteiger charge is 2.35. The van der Waals surface area contributed by atoms with Crippen LogP contribution in [0.5, 0.6) is 0 Å². The van der Waals surface area contributed by atoms with Crippen molar-refractivity contribution in [3.05, 3.63) is 0 Å². The standard InChI is InChI=1S/C13H26N2OS/c1-4-6-11(2)15-12(16)9-14-10-13(17-3)7-5-8-13/h11,14H,4-10H2,1-3H3,(H,15,16). The molecule has 1 saturated carbocycles. The third-order valence-corrected chi connectivity index (χ3v) is 4.98. The molecule has 1 aliphatic rings. The van der Waals surface area contributed by atoms with E-state index in [4.69, 9.17) is 0 Å².